The molecule has 30 heavy (non-hydrogen) atoms. The zero-order valence-corrected chi connectivity index (χ0v) is 18.4. The number of oxazole rings is 1. The van der Waals surface area contributed by atoms with Gasteiger partial charge in [-0.3, -0.25) is 4.79 Å². The highest BCUT2D eigenvalue weighted by Crippen LogP contribution is 2.23. The van der Waals surface area contributed by atoms with Gasteiger partial charge in [-0.1, -0.05) is 38.8 Å². The van der Waals surface area contributed by atoms with Gasteiger partial charge in [-0.05, 0) is 57.2 Å². The molecule has 0 fully saturated rings. The van der Waals surface area contributed by atoms with Crippen LogP contribution in [0.2, 0.25) is 0 Å². The van der Waals surface area contributed by atoms with Gasteiger partial charge in [-0.2, -0.15) is 0 Å². The molecule has 4 rings (SSSR count). The molecule has 0 aliphatic heterocycles. The molecular weight excluding hydrogens is 446 g/mol. The minimum Gasteiger partial charge on any atom is -0.441 e. The van der Waals surface area contributed by atoms with Crippen molar-refractivity contribution in [2.24, 2.45) is 0 Å². The summed E-state index contributed by atoms with van der Waals surface area (Å²) in [5, 5.41) is 11.0. The Morgan fingerprint density at radius 3 is 2.47 bits per heavy atom. The van der Waals surface area contributed by atoms with Crippen molar-refractivity contribution in [2.45, 2.75) is 27.3 Å². The number of carbonyl (C=O) groups is 1. The van der Waals surface area contributed by atoms with E-state index in [9.17, 15) is 4.79 Å². The maximum absolute atomic E-state index is 12.6. The number of aromatic nitrogens is 4. The van der Waals surface area contributed by atoms with E-state index in [1.165, 1.54) is 5.56 Å². The summed E-state index contributed by atoms with van der Waals surface area (Å²) in [6.45, 7) is 6.08. The summed E-state index contributed by atoms with van der Waals surface area (Å²) in [6.07, 6.45) is 0. The second-order valence-corrected chi connectivity index (χ2v) is 7.95. The van der Waals surface area contributed by atoms with Crippen molar-refractivity contribution in [1.29, 1.82) is 0 Å². The standard InChI is InChI=1S/C22H20BrN5O2/c1-13-4-6-16(7-5-13)22-25-19(15(3)30-22)12-28-14(2)20(26-27-28)21(29)24-18-10-8-17(23)9-11-18/h4-11H,12H2,1-3H3,(H,24,29). The fraction of sp³-hybridized carbons (Fsp3) is 0.182. The molecule has 0 saturated heterocycles. The third-order valence-corrected chi connectivity index (χ3v) is 5.32. The number of hydrogen-bond acceptors (Lipinski definition) is 5. The van der Waals surface area contributed by atoms with Crippen LogP contribution in [-0.4, -0.2) is 25.9 Å². The zero-order chi connectivity index (χ0) is 21.3. The van der Waals surface area contributed by atoms with Crippen LogP contribution in [0.4, 0.5) is 5.69 Å². The van der Waals surface area contributed by atoms with E-state index in [0.29, 0.717) is 29.6 Å². The number of hydrogen-bond donors (Lipinski definition) is 1. The molecular formula is C22H20BrN5O2. The second kappa shape index (κ2) is 8.23. The quantitative estimate of drug-likeness (QED) is 0.451. The van der Waals surface area contributed by atoms with Crippen LogP contribution in [0.25, 0.3) is 11.5 Å². The van der Waals surface area contributed by atoms with Gasteiger partial charge in [0, 0.05) is 15.7 Å². The van der Waals surface area contributed by atoms with Crippen LogP contribution in [-0.2, 0) is 6.54 Å². The number of aryl methyl sites for hydroxylation is 2. The van der Waals surface area contributed by atoms with Crippen LogP contribution in [0.15, 0.2) is 57.4 Å². The Morgan fingerprint density at radius 1 is 1.07 bits per heavy atom. The van der Waals surface area contributed by atoms with Crippen molar-refractivity contribution in [3.8, 4) is 11.5 Å². The summed E-state index contributed by atoms with van der Waals surface area (Å²) in [7, 11) is 0. The number of anilines is 1. The van der Waals surface area contributed by atoms with Crippen LogP contribution < -0.4 is 5.32 Å². The maximum Gasteiger partial charge on any atom is 0.278 e. The number of halogens is 1. The Bertz CT molecular complexity index is 1190. The predicted molar refractivity (Wildman–Crippen MR) is 117 cm³/mol. The van der Waals surface area contributed by atoms with Gasteiger partial charge in [-0.15, -0.1) is 5.10 Å². The molecule has 0 aliphatic carbocycles. The summed E-state index contributed by atoms with van der Waals surface area (Å²) in [5.74, 6) is 0.966. The fourth-order valence-corrected chi connectivity index (χ4v) is 3.24. The average molecular weight is 466 g/mol. The van der Waals surface area contributed by atoms with E-state index in [0.717, 1.165) is 15.7 Å². The number of amides is 1. The van der Waals surface area contributed by atoms with Gasteiger partial charge < -0.3 is 9.73 Å². The molecule has 0 bridgehead atoms. The molecule has 0 spiro atoms. The lowest BCUT2D eigenvalue weighted by atomic mass is 10.1. The van der Waals surface area contributed by atoms with Crippen molar-refractivity contribution < 1.29 is 9.21 Å². The molecule has 1 N–H and O–H groups in total. The van der Waals surface area contributed by atoms with Crippen LogP contribution in [0, 0.1) is 20.8 Å². The smallest absolute Gasteiger partial charge is 0.278 e. The molecule has 2 heterocycles. The minimum atomic E-state index is -0.307. The zero-order valence-electron chi connectivity index (χ0n) is 16.8. The molecule has 2 aromatic carbocycles. The van der Waals surface area contributed by atoms with Gasteiger partial charge in [0.2, 0.25) is 5.89 Å². The van der Waals surface area contributed by atoms with Gasteiger partial charge in [-0.25, -0.2) is 9.67 Å². The topological polar surface area (TPSA) is 85.8 Å². The summed E-state index contributed by atoms with van der Waals surface area (Å²) >= 11 is 3.38. The number of rotatable bonds is 5. The Hall–Kier alpha value is -3.26. The molecule has 0 unspecified atom stereocenters. The van der Waals surface area contributed by atoms with Crippen LogP contribution in [0.5, 0.6) is 0 Å². The molecule has 0 saturated carbocycles. The summed E-state index contributed by atoms with van der Waals surface area (Å²) in [4.78, 5) is 17.2. The summed E-state index contributed by atoms with van der Waals surface area (Å²) in [6, 6.07) is 15.3. The van der Waals surface area contributed by atoms with Gasteiger partial charge >= 0.3 is 0 Å². The highest BCUT2D eigenvalue weighted by molar-refractivity contribution is 9.10. The SMILES string of the molecule is Cc1ccc(-c2nc(Cn3nnc(C(=O)Nc4ccc(Br)cc4)c3C)c(C)o2)cc1. The Labute approximate surface area is 182 Å². The van der Waals surface area contributed by atoms with E-state index in [1.54, 1.807) is 4.68 Å². The highest BCUT2D eigenvalue weighted by atomic mass is 79.9. The average Bonchev–Trinajstić information content (AvgIpc) is 3.27. The summed E-state index contributed by atoms with van der Waals surface area (Å²) < 4.78 is 8.43. The first-order valence-corrected chi connectivity index (χ1v) is 10.2. The van der Waals surface area contributed by atoms with Crippen molar-refractivity contribution in [3.05, 3.63) is 81.4 Å². The monoisotopic (exact) mass is 465 g/mol. The molecule has 0 atom stereocenters. The van der Waals surface area contributed by atoms with E-state index in [4.69, 9.17) is 4.42 Å². The van der Waals surface area contributed by atoms with Gasteiger partial charge in [0.1, 0.15) is 11.5 Å². The van der Waals surface area contributed by atoms with E-state index >= 15 is 0 Å². The second-order valence-electron chi connectivity index (χ2n) is 7.03. The number of nitrogens with zero attached hydrogens (tertiary/aromatic N) is 4. The highest BCUT2D eigenvalue weighted by Gasteiger charge is 2.19. The van der Waals surface area contributed by atoms with E-state index in [2.05, 4.69) is 36.5 Å². The largest absolute Gasteiger partial charge is 0.441 e. The lowest BCUT2D eigenvalue weighted by Crippen LogP contribution is -2.14. The normalized spacial score (nSPS) is 10.9. The molecule has 2 aromatic heterocycles. The molecule has 152 valence electrons. The molecule has 8 heteroatoms. The maximum atomic E-state index is 12.6. The van der Waals surface area contributed by atoms with Gasteiger partial charge in [0.05, 0.1) is 12.2 Å². The van der Waals surface area contributed by atoms with Gasteiger partial charge in [0.25, 0.3) is 5.91 Å². The fourth-order valence-electron chi connectivity index (χ4n) is 2.98. The Morgan fingerprint density at radius 2 is 1.77 bits per heavy atom. The van der Waals surface area contributed by atoms with Crippen molar-refractivity contribution in [2.75, 3.05) is 5.32 Å². The lowest BCUT2D eigenvalue weighted by Gasteiger charge is -2.04. The first-order valence-electron chi connectivity index (χ1n) is 9.41. The molecule has 0 aliphatic rings. The van der Waals surface area contributed by atoms with E-state index in [1.807, 2.05) is 69.3 Å². The first kappa shape index (κ1) is 20.0. The third-order valence-electron chi connectivity index (χ3n) is 4.79. The van der Waals surface area contributed by atoms with Crippen LogP contribution in [0.3, 0.4) is 0 Å². The van der Waals surface area contributed by atoms with E-state index < -0.39 is 0 Å². The number of nitrogens with one attached hydrogen (secondary N) is 1. The number of carbonyl (C=O) groups excluding carboxylic acids is 1. The van der Waals surface area contributed by atoms with Gasteiger partial charge in [0.15, 0.2) is 5.69 Å². The van der Waals surface area contributed by atoms with Crippen molar-refractivity contribution in [3.63, 3.8) is 0 Å². The van der Waals surface area contributed by atoms with Crippen LogP contribution >= 0.6 is 15.9 Å². The molecule has 7 nitrogen and oxygen atoms in total. The summed E-state index contributed by atoms with van der Waals surface area (Å²) in [5.41, 5.74) is 4.46. The Kier molecular flexibility index (Phi) is 5.50. The first-order chi connectivity index (χ1) is 14.4. The molecule has 4 aromatic rings. The van der Waals surface area contributed by atoms with E-state index in [-0.39, 0.29) is 11.6 Å². The van der Waals surface area contributed by atoms with Crippen LogP contribution in [0.1, 0.15) is 33.2 Å². The molecule has 1 amide bonds. The Balaban J connectivity index is 1.52. The molecule has 0 radical (unpaired) electrons. The van der Waals surface area contributed by atoms with Crippen molar-refractivity contribution >= 4 is 27.5 Å². The van der Waals surface area contributed by atoms with Crippen molar-refractivity contribution in [1.82, 2.24) is 20.0 Å². The third kappa shape index (κ3) is 4.18. The number of benzene rings is 2. The lowest BCUT2D eigenvalue weighted by molar-refractivity contribution is 0.102. The minimum absolute atomic E-state index is 0.276. The predicted octanol–water partition coefficient (Wildman–Crippen LogP) is 4.92.